The standard InChI is InChI=1S/C18H19NO/c19-17(14-9-5-2-6-10-14)12-18(20)16-11-15(16)13-7-3-1-4-8-13/h1-10,15-17H,11-12,19H2. The van der Waals surface area contributed by atoms with Crippen LogP contribution in [0.15, 0.2) is 60.7 Å². The summed E-state index contributed by atoms with van der Waals surface area (Å²) in [5, 5.41) is 0. The number of carbonyl (C=O) groups is 1. The molecule has 102 valence electrons. The molecule has 0 aromatic heterocycles. The number of rotatable bonds is 5. The molecular weight excluding hydrogens is 246 g/mol. The molecule has 1 fully saturated rings. The first-order valence-electron chi connectivity index (χ1n) is 7.14. The number of benzene rings is 2. The number of hydrogen-bond donors (Lipinski definition) is 1. The Morgan fingerprint density at radius 2 is 1.65 bits per heavy atom. The second-order valence-electron chi connectivity index (χ2n) is 5.55. The third-order valence-electron chi connectivity index (χ3n) is 4.08. The molecule has 0 heterocycles. The van der Waals surface area contributed by atoms with Crippen LogP contribution >= 0.6 is 0 Å². The van der Waals surface area contributed by atoms with Crippen LogP contribution in [0.3, 0.4) is 0 Å². The van der Waals surface area contributed by atoms with Crippen LogP contribution in [0.2, 0.25) is 0 Å². The predicted octanol–water partition coefficient (Wildman–Crippen LogP) is 3.45. The molecule has 3 rings (SSSR count). The largest absolute Gasteiger partial charge is 0.324 e. The minimum atomic E-state index is -0.180. The van der Waals surface area contributed by atoms with Crippen molar-refractivity contribution in [3.05, 3.63) is 71.8 Å². The molecule has 2 aromatic rings. The van der Waals surface area contributed by atoms with E-state index in [1.807, 2.05) is 48.5 Å². The molecule has 1 saturated carbocycles. The fraction of sp³-hybridized carbons (Fsp3) is 0.278. The fourth-order valence-electron chi connectivity index (χ4n) is 2.81. The Morgan fingerprint density at radius 3 is 2.30 bits per heavy atom. The fourth-order valence-corrected chi connectivity index (χ4v) is 2.81. The molecule has 1 aliphatic rings. The van der Waals surface area contributed by atoms with E-state index >= 15 is 0 Å². The van der Waals surface area contributed by atoms with E-state index in [0.717, 1.165) is 12.0 Å². The summed E-state index contributed by atoms with van der Waals surface area (Å²) in [6, 6.07) is 20.0. The lowest BCUT2D eigenvalue weighted by Gasteiger charge is -2.11. The van der Waals surface area contributed by atoms with Gasteiger partial charge in [-0.3, -0.25) is 4.79 Å². The summed E-state index contributed by atoms with van der Waals surface area (Å²) in [6.45, 7) is 0. The SMILES string of the molecule is NC(CC(=O)C1CC1c1ccccc1)c1ccccc1. The van der Waals surface area contributed by atoms with E-state index < -0.39 is 0 Å². The Hall–Kier alpha value is -1.93. The molecule has 0 radical (unpaired) electrons. The zero-order valence-electron chi connectivity index (χ0n) is 11.4. The number of Topliss-reactive ketones (excluding diaryl/α,β-unsaturated/α-hetero) is 1. The highest BCUT2D eigenvalue weighted by atomic mass is 16.1. The van der Waals surface area contributed by atoms with Gasteiger partial charge in [0.2, 0.25) is 0 Å². The molecule has 2 nitrogen and oxygen atoms in total. The van der Waals surface area contributed by atoms with Gasteiger partial charge in [-0.15, -0.1) is 0 Å². The summed E-state index contributed by atoms with van der Waals surface area (Å²) in [7, 11) is 0. The van der Waals surface area contributed by atoms with E-state index in [9.17, 15) is 4.79 Å². The maximum atomic E-state index is 12.3. The summed E-state index contributed by atoms with van der Waals surface area (Å²) in [4.78, 5) is 12.3. The van der Waals surface area contributed by atoms with Crippen LogP contribution < -0.4 is 5.73 Å². The average Bonchev–Trinajstić information content (AvgIpc) is 3.29. The van der Waals surface area contributed by atoms with Gasteiger partial charge in [0.05, 0.1) is 0 Å². The lowest BCUT2D eigenvalue weighted by molar-refractivity contribution is -0.120. The minimum absolute atomic E-state index is 0.173. The maximum absolute atomic E-state index is 12.3. The van der Waals surface area contributed by atoms with Gasteiger partial charge in [-0.05, 0) is 23.5 Å². The second-order valence-corrected chi connectivity index (χ2v) is 5.55. The third-order valence-corrected chi connectivity index (χ3v) is 4.08. The Kier molecular flexibility index (Phi) is 3.66. The summed E-state index contributed by atoms with van der Waals surface area (Å²) < 4.78 is 0. The zero-order valence-corrected chi connectivity index (χ0v) is 11.4. The van der Waals surface area contributed by atoms with Crippen LogP contribution in [0.25, 0.3) is 0 Å². The van der Waals surface area contributed by atoms with Gasteiger partial charge in [0, 0.05) is 18.4 Å². The van der Waals surface area contributed by atoms with Gasteiger partial charge in [0.1, 0.15) is 5.78 Å². The van der Waals surface area contributed by atoms with Crippen LogP contribution in [-0.4, -0.2) is 5.78 Å². The van der Waals surface area contributed by atoms with Gasteiger partial charge in [0.25, 0.3) is 0 Å². The van der Waals surface area contributed by atoms with E-state index in [1.165, 1.54) is 5.56 Å². The Balaban J connectivity index is 1.59. The monoisotopic (exact) mass is 265 g/mol. The number of carbonyl (C=O) groups excluding carboxylic acids is 1. The van der Waals surface area contributed by atoms with Gasteiger partial charge < -0.3 is 5.73 Å². The van der Waals surface area contributed by atoms with Gasteiger partial charge in [-0.25, -0.2) is 0 Å². The molecule has 2 N–H and O–H groups in total. The topological polar surface area (TPSA) is 43.1 Å². The Bertz CT molecular complexity index is 579. The molecule has 0 amide bonds. The van der Waals surface area contributed by atoms with Crippen molar-refractivity contribution in [3.8, 4) is 0 Å². The summed E-state index contributed by atoms with van der Waals surface area (Å²) >= 11 is 0. The number of ketones is 1. The molecule has 3 unspecified atom stereocenters. The quantitative estimate of drug-likeness (QED) is 0.899. The molecule has 0 saturated heterocycles. The van der Waals surface area contributed by atoms with Crippen molar-refractivity contribution >= 4 is 5.78 Å². The highest BCUT2D eigenvalue weighted by molar-refractivity contribution is 5.85. The van der Waals surface area contributed by atoms with Crippen LogP contribution in [0.4, 0.5) is 0 Å². The van der Waals surface area contributed by atoms with E-state index in [4.69, 9.17) is 5.73 Å². The zero-order chi connectivity index (χ0) is 13.9. The molecule has 0 spiro atoms. The normalized spacial score (nSPS) is 22.2. The summed E-state index contributed by atoms with van der Waals surface area (Å²) in [5.74, 6) is 0.883. The van der Waals surface area contributed by atoms with Crippen molar-refractivity contribution in [2.24, 2.45) is 11.7 Å². The maximum Gasteiger partial charge on any atom is 0.138 e. The van der Waals surface area contributed by atoms with Crippen molar-refractivity contribution in [1.82, 2.24) is 0 Å². The van der Waals surface area contributed by atoms with Gasteiger partial charge >= 0.3 is 0 Å². The molecule has 3 atom stereocenters. The van der Waals surface area contributed by atoms with E-state index in [0.29, 0.717) is 18.1 Å². The van der Waals surface area contributed by atoms with Crippen molar-refractivity contribution < 1.29 is 4.79 Å². The van der Waals surface area contributed by atoms with Gasteiger partial charge in [0.15, 0.2) is 0 Å². The molecular formula is C18H19NO. The average molecular weight is 265 g/mol. The van der Waals surface area contributed by atoms with Crippen LogP contribution in [-0.2, 0) is 4.79 Å². The summed E-state index contributed by atoms with van der Waals surface area (Å²) in [6.07, 6.45) is 1.42. The predicted molar refractivity (Wildman–Crippen MR) is 80.3 cm³/mol. The Labute approximate surface area is 119 Å². The first kappa shape index (κ1) is 13.1. The van der Waals surface area contributed by atoms with Crippen molar-refractivity contribution in [2.75, 3.05) is 0 Å². The van der Waals surface area contributed by atoms with E-state index in [1.54, 1.807) is 0 Å². The van der Waals surface area contributed by atoms with Gasteiger partial charge in [-0.1, -0.05) is 60.7 Å². The van der Waals surface area contributed by atoms with Crippen LogP contribution in [0, 0.1) is 5.92 Å². The number of nitrogens with two attached hydrogens (primary N) is 1. The first-order chi connectivity index (χ1) is 9.75. The van der Waals surface area contributed by atoms with Crippen LogP contribution in [0.5, 0.6) is 0 Å². The molecule has 2 heteroatoms. The molecule has 1 aliphatic carbocycles. The number of hydrogen-bond acceptors (Lipinski definition) is 2. The molecule has 20 heavy (non-hydrogen) atoms. The molecule has 0 aliphatic heterocycles. The van der Waals surface area contributed by atoms with Gasteiger partial charge in [-0.2, -0.15) is 0 Å². The lowest BCUT2D eigenvalue weighted by Crippen LogP contribution is -2.16. The van der Waals surface area contributed by atoms with Crippen LogP contribution in [0.1, 0.15) is 35.9 Å². The highest BCUT2D eigenvalue weighted by Gasteiger charge is 2.43. The first-order valence-corrected chi connectivity index (χ1v) is 7.14. The minimum Gasteiger partial charge on any atom is -0.324 e. The second kappa shape index (κ2) is 5.59. The van der Waals surface area contributed by atoms with Crippen molar-refractivity contribution in [3.63, 3.8) is 0 Å². The molecule has 2 aromatic carbocycles. The summed E-state index contributed by atoms with van der Waals surface area (Å²) in [5.41, 5.74) is 8.44. The third kappa shape index (κ3) is 2.81. The van der Waals surface area contributed by atoms with E-state index in [-0.39, 0.29) is 12.0 Å². The highest BCUT2D eigenvalue weighted by Crippen LogP contribution is 2.48. The Morgan fingerprint density at radius 1 is 1.05 bits per heavy atom. The van der Waals surface area contributed by atoms with E-state index in [2.05, 4.69) is 12.1 Å². The lowest BCUT2D eigenvalue weighted by atomic mass is 9.99. The smallest absolute Gasteiger partial charge is 0.138 e. The van der Waals surface area contributed by atoms with Crippen molar-refractivity contribution in [2.45, 2.75) is 24.8 Å². The molecule has 0 bridgehead atoms. The van der Waals surface area contributed by atoms with Crippen molar-refractivity contribution in [1.29, 1.82) is 0 Å².